The van der Waals surface area contributed by atoms with E-state index in [0.717, 1.165) is 22.4 Å². The van der Waals surface area contributed by atoms with Crippen LogP contribution in [-0.4, -0.2) is 73.0 Å². The highest BCUT2D eigenvalue weighted by Gasteiger charge is 2.33. The lowest BCUT2D eigenvalue weighted by molar-refractivity contribution is -0.120. The van der Waals surface area contributed by atoms with Gasteiger partial charge in [-0.2, -0.15) is 0 Å². The summed E-state index contributed by atoms with van der Waals surface area (Å²) in [5.74, 6) is -1.00. The Kier molecular flexibility index (Phi) is 12.8. The highest BCUT2D eigenvalue weighted by atomic mass is 19.1. The van der Waals surface area contributed by atoms with Gasteiger partial charge in [0.25, 0.3) is 0 Å². The van der Waals surface area contributed by atoms with Crippen LogP contribution in [0.25, 0.3) is 0 Å². The van der Waals surface area contributed by atoms with E-state index in [1.54, 1.807) is 18.3 Å². The standard InChI is InChI=1S/C37H40FN5O6/c1-47-37(46)43-35(34(26-8-4-2-5-9-26)27-10-6-3-7-11-27)33(44)18-28-20-39-24-42-32(28)17-16-31-21-40-30(22-48-31)23-49-36(45)41-19-25-12-14-29(38)15-13-25/h2-15,20,24,30-31,34-35,40H,16-19,21-23H2,1H3,(H,41,45)(H,43,46)/t30-,31+,35+/m0/s1. The lowest BCUT2D eigenvalue weighted by Gasteiger charge is -2.30. The van der Waals surface area contributed by atoms with Gasteiger partial charge in [-0.1, -0.05) is 72.8 Å². The van der Waals surface area contributed by atoms with Crippen LogP contribution in [-0.2, 0) is 38.4 Å². The molecule has 5 rings (SSSR count). The first-order valence-corrected chi connectivity index (χ1v) is 16.1. The fourth-order valence-corrected chi connectivity index (χ4v) is 5.75. The predicted molar refractivity (Wildman–Crippen MR) is 179 cm³/mol. The number of morpholine rings is 1. The lowest BCUT2D eigenvalue weighted by Crippen LogP contribution is -2.49. The molecule has 1 aliphatic rings. The number of Topliss-reactive ketones (excluding diaryl/α,β-unsaturated/α-hetero) is 1. The van der Waals surface area contributed by atoms with Crippen molar-refractivity contribution in [3.8, 4) is 0 Å². The minimum atomic E-state index is -0.916. The first kappa shape index (κ1) is 35.1. The average Bonchev–Trinajstić information content (AvgIpc) is 3.14. The number of benzene rings is 3. The van der Waals surface area contributed by atoms with E-state index in [4.69, 9.17) is 14.2 Å². The first-order chi connectivity index (χ1) is 23.9. The Balaban J connectivity index is 1.15. The second-order valence-electron chi connectivity index (χ2n) is 11.7. The molecule has 3 N–H and O–H groups in total. The summed E-state index contributed by atoms with van der Waals surface area (Å²) in [7, 11) is 1.27. The van der Waals surface area contributed by atoms with Crippen LogP contribution in [0.2, 0.25) is 0 Å². The number of aryl methyl sites for hydroxylation is 1. The largest absolute Gasteiger partial charge is 0.453 e. The molecule has 0 saturated carbocycles. The molecule has 1 aromatic heterocycles. The van der Waals surface area contributed by atoms with E-state index in [9.17, 15) is 18.8 Å². The molecule has 4 aromatic rings. The number of hydrogen-bond acceptors (Lipinski definition) is 9. The minimum absolute atomic E-state index is 0.00735. The number of ketones is 1. The molecular formula is C37H40FN5O6. The number of carbonyl (C=O) groups is 3. The zero-order chi connectivity index (χ0) is 34.4. The van der Waals surface area contributed by atoms with Crippen molar-refractivity contribution in [3.05, 3.63) is 131 Å². The number of aromatic nitrogens is 2. The van der Waals surface area contributed by atoms with Gasteiger partial charge in [0.2, 0.25) is 0 Å². The molecular weight excluding hydrogens is 629 g/mol. The van der Waals surface area contributed by atoms with E-state index in [1.807, 2.05) is 60.7 Å². The maximum Gasteiger partial charge on any atom is 0.407 e. The Bertz CT molecular complexity index is 1610. The molecule has 0 bridgehead atoms. The molecule has 0 aliphatic carbocycles. The predicted octanol–water partition coefficient (Wildman–Crippen LogP) is 4.50. The van der Waals surface area contributed by atoms with Crippen molar-refractivity contribution in [2.75, 3.05) is 26.9 Å². The number of halogens is 1. The van der Waals surface area contributed by atoms with Crippen LogP contribution in [0.1, 0.15) is 40.3 Å². The van der Waals surface area contributed by atoms with Crippen molar-refractivity contribution in [2.45, 2.75) is 49.9 Å². The summed E-state index contributed by atoms with van der Waals surface area (Å²) in [6, 6.07) is 24.0. The number of carbonyl (C=O) groups excluding carboxylic acids is 3. The molecule has 0 radical (unpaired) electrons. The average molecular weight is 670 g/mol. The number of hydrogen-bond donors (Lipinski definition) is 3. The Morgan fingerprint density at radius 3 is 2.31 bits per heavy atom. The molecule has 11 nitrogen and oxygen atoms in total. The van der Waals surface area contributed by atoms with Gasteiger partial charge in [-0.25, -0.2) is 23.9 Å². The monoisotopic (exact) mass is 669 g/mol. The molecule has 12 heteroatoms. The van der Waals surface area contributed by atoms with Crippen LogP contribution in [0.3, 0.4) is 0 Å². The van der Waals surface area contributed by atoms with Crippen LogP contribution < -0.4 is 16.0 Å². The van der Waals surface area contributed by atoms with E-state index < -0.39 is 24.1 Å². The number of nitrogens with zero attached hydrogens (tertiary/aromatic N) is 2. The summed E-state index contributed by atoms with van der Waals surface area (Å²) in [4.78, 5) is 47.4. The van der Waals surface area contributed by atoms with Gasteiger partial charge in [0.05, 0.1) is 25.9 Å². The second kappa shape index (κ2) is 17.8. The molecule has 256 valence electrons. The minimum Gasteiger partial charge on any atom is -0.453 e. The fraction of sp³-hybridized carbons (Fsp3) is 0.324. The molecule has 49 heavy (non-hydrogen) atoms. The fourth-order valence-electron chi connectivity index (χ4n) is 5.75. The van der Waals surface area contributed by atoms with Gasteiger partial charge in [-0.05, 0) is 47.2 Å². The summed E-state index contributed by atoms with van der Waals surface area (Å²) in [5, 5.41) is 8.81. The van der Waals surface area contributed by atoms with E-state index in [1.165, 1.54) is 25.6 Å². The smallest absolute Gasteiger partial charge is 0.407 e. The molecule has 3 atom stereocenters. The Labute approximate surface area is 284 Å². The Hall–Kier alpha value is -5.20. The maximum absolute atomic E-state index is 14.1. The SMILES string of the molecule is COC(=O)N[C@H](C(=O)Cc1cncnc1CC[C@@H]1CN[C@H](COC(=O)NCc2ccc(F)cc2)CO1)C(c1ccccc1)c1ccccc1. The number of ether oxygens (including phenoxy) is 3. The third kappa shape index (κ3) is 10.4. The molecule has 2 heterocycles. The zero-order valence-electron chi connectivity index (χ0n) is 27.2. The number of nitrogens with one attached hydrogen (secondary N) is 3. The quantitative estimate of drug-likeness (QED) is 0.177. The van der Waals surface area contributed by atoms with Gasteiger partial charge in [0, 0.05) is 37.3 Å². The van der Waals surface area contributed by atoms with Crippen LogP contribution in [0.5, 0.6) is 0 Å². The summed E-state index contributed by atoms with van der Waals surface area (Å²) in [6.07, 6.45) is 2.91. The Morgan fingerprint density at radius 2 is 1.67 bits per heavy atom. The molecule has 1 saturated heterocycles. The van der Waals surface area contributed by atoms with Gasteiger partial charge in [-0.15, -0.1) is 0 Å². The molecule has 0 unspecified atom stereocenters. The molecule has 1 aliphatic heterocycles. The summed E-state index contributed by atoms with van der Waals surface area (Å²) >= 11 is 0. The van der Waals surface area contributed by atoms with Gasteiger partial charge in [0.15, 0.2) is 5.78 Å². The summed E-state index contributed by atoms with van der Waals surface area (Å²) in [6.45, 7) is 1.27. The summed E-state index contributed by atoms with van der Waals surface area (Å²) in [5.41, 5.74) is 3.92. The van der Waals surface area contributed by atoms with E-state index in [0.29, 0.717) is 31.6 Å². The van der Waals surface area contributed by atoms with E-state index in [2.05, 4.69) is 25.9 Å². The highest BCUT2D eigenvalue weighted by molar-refractivity contribution is 5.90. The topological polar surface area (TPSA) is 141 Å². The van der Waals surface area contributed by atoms with Crippen molar-refractivity contribution < 1.29 is 33.0 Å². The number of amides is 2. The number of methoxy groups -OCH3 is 1. The van der Waals surface area contributed by atoms with Crippen LogP contribution in [0.4, 0.5) is 14.0 Å². The van der Waals surface area contributed by atoms with Crippen molar-refractivity contribution in [2.24, 2.45) is 0 Å². The summed E-state index contributed by atoms with van der Waals surface area (Å²) < 4.78 is 29.3. The third-order valence-electron chi connectivity index (χ3n) is 8.34. The van der Waals surface area contributed by atoms with Crippen molar-refractivity contribution in [1.82, 2.24) is 25.9 Å². The van der Waals surface area contributed by atoms with Gasteiger partial charge >= 0.3 is 12.2 Å². The number of alkyl carbamates (subject to hydrolysis) is 2. The van der Waals surface area contributed by atoms with E-state index >= 15 is 0 Å². The molecule has 1 fully saturated rings. The van der Waals surface area contributed by atoms with Gasteiger partial charge < -0.3 is 30.2 Å². The molecule has 3 aromatic carbocycles. The van der Waals surface area contributed by atoms with Gasteiger partial charge in [0.1, 0.15) is 24.8 Å². The van der Waals surface area contributed by atoms with Crippen molar-refractivity contribution in [3.63, 3.8) is 0 Å². The Morgan fingerprint density at radius 1 is 0.980 bits per heavy atom. The van der Waals surface area contributed by atoms with Crippen LogP contribution in [0.15, 0.2) is 97.5 Å². The van der Waals surface area contributed by atoms with Crippen LogP contribution in [0, 0.1) is 5.82 Å². The van der Waals surface area contributed by atoms with Crippen molar-refractivity contribution in [1.29, 1.82) is 0 Å². The van der Waals surface area contributed by atoms with Gasteiger partial charge in [-0.3, -0.25) is 4.79 Å². The van der Waals surface area contributed by atoms with Crippen molar-refractivity contribution >= 4 is 18.0 Å². The zero-order valence-corrected chi connectivity index (χ0v) is 27.2. The third-order valence-corrected chi connectivity index (χ3v) is 8.34. The van der Waals surface area contributed by atoms with E-state index in [-0.39, 0.29) is 43.3 Å². The normalized spacial score (nSPS) is 16.4. The lowest BCUT2D eigenvalue weighted by atomic mass is 9.82. The number of rotatable bonds is 14. The molecule has 0 spiro atoms. The highest BCUT2D eigenvalue weighted by Crippen LogP contribution is 2.30. The maximum atomic E-state index is 14.1. The first-order valence-electron chi connectivity index (χ1n) is 16.1. The van der Waals surface area contributed by atoms with Crippen LogP contribution >= 0.6 is 0 Å². The second-order valence-corrected chi connectivity index (χ2v) is 11.7. The molecule has 2 amide bonds.